The van der Waals surface area contributed by atoms with E-state index < -0.39 is 11.9 Å². The summed E-state index contributed by atoms with van der Waals surface area (Å²) in [6, 6.07) is 0. The van der Waals surface area contributed by atoms with Crippen molar-refractivity contribution in [2.75, 3.05) is 13.2 Å². The molecule has 0 heterocycles. The maximum absolute atomic E-state index is 9.55. The molecule has 6 nitrogen and oxygen atoms in total. The average molecular weight is 177 g/mol. The second-order valence-electron chi connectivity index (χ2n) is 1.52. The van der Waals surface area contributed by atoms with E-state index in [0.29, 0.717) is 18.7 Å². The summed E-state index contributed by atoms with van der Waals surface area (Å²) in [4.78, 5) is 19.1. The van der Waals surface area contributed by atoms with Gasteiger partial charge in [0.25, 0.3) is 0 Å². The van der Waals surface area contributed by atoms with E-state index >= 15 is 0 Å². The average Bonchev–Trinajstić information content (AvgIpc) is 2.01. The number of aliphatic hydroxyl groups is 1. The largest absolute Gasteiger partial charge is 0.478 e. The Hall–Kier alpha value is -1.40. The molecule has 0 atom stereocenters. The third-order valence-electron chi connectivity index (χ3n) is 0.498. The third-order valence-corrected chi connectivity index (χ3v) is 0.498. The van der Waals surface area contributed by atoms with Gasteiger partial charge in [-0.3, -0.25) is 0 Å². The van der Waals surface area contributed by atoms with Crippen molar-refractivity contribution in [3.05, 3.63) is 12.2 Å². The van der Waals surface area contributed by atoms with Gasteiger partial charge >= 0.3 is 11.9 Å². The molecule has 0 fully saturated rings. The monoisotopic (exact) mass is 177 g/mol. The first-order valence-corrected chi connectivity index (χ1v) is 2.99. The van der Waals surface area contributed by atoms with Gasteiger partial charge in [-0.25, -0.2) is 9.59 Å². The molecule has 6 heteroatoms. The van der Waals surface area contributed by atoms with Crippen molar-refractivity contribution >= 4 is 11.9 Å². The zero-order valence-corrected chi connectivity index (χ0v) is 6.30. The van der Waals surface area contributed by atoms with Crippen LogP contribution in [-0.2, 0) is 9.59 Å². The van der Waals surface area contributed by atoms with Crippen LogP contribution in [0.5, 0.6) is 0 Å². The molecular weight excluding hydrogens is 166 g/mol. The molecule has 0 aromatic rings. The molecule has 0 amide bonds. The number of aliphatic hydroxyl groups excluding tert-OH is 1. The summed E-state index contributed by atoms with van der Waals surface area (Å²) >= 11 is 0. The Kier molecular flexibility index (Phi) is 10.6. The van der Waals surface area contributed by atoms with Gasteiger partial charge in [0.1, 0.15) is 0 Å². The van der Waals surface area contributed by atoms with Gasteiger partial charge in [-0.1, -0.05) is 0 Å². The Balaban J connectivity index is 0. The topological polar surface area (TPSA) is 121 Å². The Morgan fingerprint density at radius 3 is 1.50 bits per heavy atom. The second kappa shape index (κ2) is 9.60. The Labute approximate surface area is 68.9 Å². The molecule has 5 N–H and O–H groups in total. The molecule has 0 saturated heterocycles. The van der Waals surface area contributed by atoms with E-state index in [4.69, 9.17) is 21.1 Å². The smallest absolute Gasteiger partial charge is 0.328 e. The van der Waals surface area contributed by atoms with Crippen LogP contribution in [-0.4, -0.2) is 40.4 Å². The first kappa shape index (κ1) is 13.2. The Bertz CT molecular complexity index is 147. The van der Waals surface area contributed by atoms with Crippen molar-refractivity contribution in [3.63, 3.8) is 0 Å². The molecule has 0 aliphatic heterocycles. The number of rotatable bonds is 3. The fourth-order valence-corrected chi connectivity index (χ4v) is 0.143. The van der Waals surface area contributed by atoms with Crippen LogP contribution in [0.1, 0.15) is 0 Å². The maximum atomic E-state index is 9.55. The molecule has 0 aromatic carbocycles. The zero-order chi connectivity index (χ0) is 9.98. The third kappa shape index (κ3) is 23.5. The summed E-state index contributed by atoms with van der Waals surface area (Å²) < 4.78 is 0. The molecule has 0 bridgehead atoms. The van der Waals surface area contributed by atoms with Crippen molar-refractivity contribution in [1.82, 2.24) is 0 Å². The Morgan fingerprint density at radius 2 is 1.42 bits per heavy atom. The number of carbonyl (C=O) groups is 2. The van der Waals surface area contributed by atoms with Gasteiger partial charge in [0, 0.05) is 18.7 Å². The Morgan fingerprint density at radius 1 is 1.17 bits per heavy atom. The summed E-state index contributed by atoms with van der Waals surface area (Å²) in [6.07, 6.45) is 1.12. The number of aliphatic carboxylic acids is 2. The lowest BCUT2D eigenvalue weighted by molar-refractivity contribution is -0.134. The summed E-state index contributed by atoms with van der Waals surface area (Å²) in [5, 5.41) is 23.4. The lowest BCUT2D eigenvalue weighted by atomic mass is 10.5. The van der Waals surface area contributed by atoms with Gasteiger partial charge in [0.15, 0.2) is 0 Å². The van der Waals surface area contributed by atoms with E-state index in [1.165, 1.54) is 0 Å². The van der Waals surface area contributed by atoms with Crippen LogP contribution in [0.4, 0.5) is 0 Å². The van der Waals surface area contributed by atoms with Crippen LogP contribution < -0.4 is 5.73 Å². The molecule has 0 saturated carbocycles. The first-order valence-electron chi connectivity index (χ1n) is 2.99. The van der Waals surface area contributed by atoms with Crippen LogP contribution in [0, 0.1) is 0 Å². The highest BCUT2D eigenvalue weighted by molar-refractivity contribution is 5.89. The number of carboxylic acids is 2. The summed E-state index contributed by atoms with van der Waals surface area (Å²) in [6.45, 7) is 0.472. The van der Waals surface area contributed by atoms with E-state index in [1.807, 2.05) is 0 Å². The molecule has 70 valence electrons. The normalized spacial score (nSPS) is 8.83. The highest BCUT2D eigenvalue weighted by Crippen LogP contribution is 1.70. The predicted molar refractivity (Wildman–Crippen MR) is 40.6 cm³/mol. The van der Waals surface area contributed by atoms with Crippen LogP contribution in [0.25, 0.3) is 0 Å². The van der Waals surface area contributed by atoms with Gasteiger partial charge in [-0.15, -0.1) is 0 Å². The van der Waals surface area contributed by atoms with Gasteiger partial charge in [0.2, 0.25) is 0 Å². The summed E-state index contributed by atoms with van der Waals surface area (Å²) in [5.74, 6) is -2.51. The maximum Gasteiger partial charge on any atom is 0.328 e. The van der Waals surface area contributed by atoms with E-state index in [9.17, 15) is 9.59 Å². The van der Waals surface area contributed by atoms with E-state index in [-0.39, 0.29) is 6.61 Å². The predicted octanol–water partition coefficient (Wildman–Crippen LogP) is -1.35. The molecule has 0 radical (unpaired) electrons. The number of carboxylic acid groups (broad SMARTS) is 2. The molecule has 0 unspecified atom stereocenters. The number of hydrogen-bond acceptors (Lipinski definition) is 4. The fraction of sp³-hybridized carbons (Fsp3) is 0.333. The van der Waals surface area contributed by atoms with Crippen molar-refractivity contribution in [1.29, 1.82) is 0 Å². The molecule has 0 rings (SSSR count). The van der Waals surface area contributed by atoms with Gasteiger partial charge in [-0.05, 0) is 0 Å². The fourth-order valence-electron chi connectivity index (χ4n) is 0.143. The molecule has 0 aromatic heterocycles. The first-order chi connectivity index (χ1) is 5.54. The van der Waals surface area contributed by atoms with Crippen LogP contribution >= 0.6 is 0 Å². The van der Waals surface area contributed by atoms with Gasteiger partial charge < -0.3 is 21.1 Å². The second-order valence-corrected chi connectivity index (χ2v) is 1.52. The van der Waals surface area contributed by atoms with Crippen molar-refractivity contribution in [2.45, 2.75) is 0 Å². The molecule has 0 aliphatic rings. The minimum atomic E-state index is -1.26. The highest BCUT2D eigenvalue weighted by atomic mass is 16.4. The SMILES string of the molecule is NCCO.O=C(O)/C=C\C(=O)O. The van der Waals surface area contributed by atoms with E-state index in [1.54, 1.807) is 0 Å². The molecule has 0 aliphatic carbocycles. The van der Waals surface area contributed by atoms with E-state index in [0.717, 1.165) is 0 Å². The lowest BCUT2D eigenvalue weighted by Gasteiger charge is -1.74. The lowest BCUT2D eigenvalue weighted by Crippen LogP contribution is -2.02. The van der Waals surface area contributed by atoms with Crippen LogP contribution in [0.3, 0.4) is 0 Å². The highest BCUT2D eigenvalue weighted by Gasteiger charge is 1.88. The van der Waals surface area contributed by atoms with Gasteiger partial charge in [0.05, 0.1) is 6.61 Å². The minimum absolute atomic E-state index is 0.0972. The summed E-state index contributed by atoms with van der Waals surface area (Å²) in [7, 11) is 0. The minimum Gasteiger partial charge on any atom is -0.478 e. The summed E-state index contributed by atoms with van der Waals surface area (Å²) in [5.41, 5.74) is 4.78. The van der Waals surface area contributed by atoms with Crippen LogP contribution in [0.2, 0.25) is 0 Å². The number of hydrogen-bond donors (Lipinski definition) is 4. The quantitative estimate of drug-likeness (QED) is 0.395. The van der Waals surface area contributed by atoms with Crippen LogP contribution in [0.15, 0.2) is 12.2 Å². The number of nitrogens with two attached hydrogens (primary N) is 1. The van der Waals surface area contributed by atoms with Crippen molar-refractivity contribution in [2.24, 2.45) is 5.73 Å². The van der Waals surface area contributed by atoms with Crippen molar-refractivity contribution in [3.8, 4) is 0 Å². The van der Waals surface area contributed by atoms with Crippen molar-refractivity contribution < 1.29 is 24.9 Å². The van der Waals surface area contributed by atoms with Gasteiger partial charge in [-0.2, -0.15) is 0 Å². The van der Waals surface area contributed by atoms with E-state index in [2.05, 4.69) is 0 Å². The standard InChI is InChI=1S/C4H4O4.C2H7NO/c5-3(6)1-2-4(7)8;3-1-2-4/h1-2H,(H,5,6)(H,7,8);4H,1-3H2/b2-1-;. The zero-order valence-electron chi connectivity index (χ0n) is 6.30. The molecule has 0 spiro atoms. The molecule has 12 heavy (non-hydrogen) atoms. The molecular formula is C6H11NO5.